The summed E-state index contributed by atoms with van der Waals surface area (Å²) in [5.41, 5.74) is 5.29. The number of carboxylic acid groups (broad SMARTS) is 1. The molecule has 1 unspecified atom stereocenters. The van der Waals surface area contributed by atoms with Crippen molar-refractivity contribution in [3.05, 3.63) is 75.6 Å². The Kier molecular flexibility index (Phi) is 6.16. The smallest absolute Gasteiger partial charge is 0.356 e. The van der Waals surface area contributed by atoms with Crippen molar-refractivity contribution in [1.82, 2.24) is 24.7 Å². The van der Waals surface area contributed by atoms with Crippen molar-refractivity contribution in [2.24, 2.45) is 5.73 Å². The minimum Gasteiger partial charge on any atom is -0.493 e. The minimum absolute atomic E-state index is 0.0110. The number of aromatic carboxylic acids is 1. The summed E-state index contributed by atoms with van der Waals surface area (Å²) in [7, 11) is 1.39. The van der Waals surface area contributed by atoms with Gasteiger partial charge >= 0.3 is 11.7 Å². The topological polar surface area (TPSA) is 206 Å². The highest BCUT2D eigenvalue weighted by Gasteiger charge is 2.31. The SMILES string of the molecule is COc1cc(C(Nc2ccc(C(=N)N)cc2)c2nn(-c3nc[nH]c3C(=O)O)c(=O)[nH]2)c(F)c2c1OCCO2. The van der Waals surface area contributed by atoms with Crippen LogP contribution in [0.1, 0.15) is 33.5 Å². The summed E-state index contributed by atoms with van der Waals surface area (Å²) in [6.45, 7) is 0.323. The third-order valence-electron chi connectivity index (χ3n) is 5.73. The van der Waals surface area contributed by atoms with Crippen LogP contribution in [0.3, 0.4) is 0 Å². The number of aromatic nitrogens is 5. The van der Waals surface area contributed by atoms with Crippen LogP contribution in [-0.4, -0.2) is 62.0 Å². The van der Waals surface area contributed by atoms with Gasteiger partial charge in [-0.2, -0.15) is 4.68 Å². The Morgan fingerprint density at radius 3 is 2.66 bits per heavy atom. The normalized spacial score (nSPS) is 13.1. The molecule has 1 aliphatic heterocycles. The molecule has 7 N–H and O–H groups in total. The van der Waals surface area contributed by atoms with E-state index in [1.807, 2.05) is 0 Å². The van der Waals surface area contributed by atoms with Gasteiger partial charge in [0, 0.05) is 16.8 Å². The second-order valence-corrected chi connectivity index (χ2v) is 8.04. The van der Waals surface area contributed by atoms with E-state index in [2.05, 4.69) is 25.4 Å². The molecule has 0 radical (unpaired) electrons. The van der Waals surface area contributed by atoms with Gasteiger partial charge in [0.05, 0.1) is 13.4 Å². The van der Waals surface area contributed by atoms with Gasteiger partial charge in [0.15, 0.2) is 28.9 Å². The first-order chi connectivity index (χ1) is 18.3. The van der Waals surface area contributed by atoms with Gasteiger partial charge in [-0.15, -0.1) is 5.10 Å². The van der Waals surface area contributed by atoms with Crippen LogP contribution in [0.2, 0.25) is 0 Å². The van der Waals surface area contributed by atoms with Crippen molar-refractivity contribution in [3.63, 3.8) is 0 Å². The summed E-state index contributed by atoms with van der Waals surface area (Å²) in [6.07, 6.45) is 1.11. The first kappa shape index (κ1) is 24.4. The fourth-order valence-electron chi connectivity index (χ4n) is 3.95. The number of nitrogens with one attached hydrogen (secondary N) is 4. The van der Waals surface area contributed by atoms with Crippen LogP contribution >= 0.6 is 0 Å². The fourth-order valence-corrected chi connectivity index (χ4v) is 3.95. The molecule has 0 saturated heterocycles. The predicted molar refractivity (Wildman–Crippen MR) is 130 cm³/mol. The van der Waals surface area contributed by atoms with Crippen molar-refractivity contribution < 1.29 is 28.5 Å². The van der Waals surface area contributed by atoms with Crippen molar-refractivity contribution in [1.29, 1.82) is 5.41 Å². The second-order valence-electron chi connectivity index (χ2n) is 8.04. The summed E-state index contributed by atoms with van der Waals surface area (Å²) in [6, 6.07) is 6.66. The Morgan fingerprint density at radius 2 is 2.00 bits per heavy atom. The van der Waals surface area contributed by atoms with Crippen LogP contribution in [-0.2, 0) is 0 Å². The van der Waals surface area contributed by atoms with E-state index in [1.54, 1.807) is 24.3 Å². The molecule has 0 amide bonds. The van der Waals surface area contributed by atoms with Crippen LogP contribution in [0.25, 0.3) is 5.82 Å². The number of nitrogens with zero attached hydrogens (tertiary/aromatic N) is 3. The number of nitrogens with two attached hydrogens (primary N) is 1. The predicted octanol–water partition coefficient (Wildman–Crippen LogP) is 1.39. The number of ether oxygens (including phenoxy) is 3. The molecule has 38 heavy (non-hydrogen) atoms. The van der Waals surface area contributed by atoms with E-state index in [9.17, 15) is 14.7 Å². The molecule has 196 valence electrons. The Labute approximate surface area is 212 Å². The van der Waals surface area contributed by atoms with Crippen LogP contribution in [0.4, 0.5) is 10.1 Å². The molecule has 0 spiro atoms. The number of carboxylic acids is 1. The summed E-state index contributed by atoms with van der Waals surface area (Å²) in [4.78, 5) is 33.3. The quantitative estimate of drug-likeness (QED) is 0.144. The zero-order valence-electron chi connectivity index (χ0n) is 19.7. The lowest BCUT2D eigenvalue weighted by Crippen LogP contribution is -2.21. The third kappa shape index (κ3) is 4.25. The van der Waals surface area contributed by atoms with Crippen LogP contribution in [0, 0.1) is 11.2 Å². The molecule has 3 heterocycles. The molecule has 0 aliphatic carbocycles. The van der Waals surface area contributed by atoms with E-state index in [0.717, 1.165) is 11.0 Å². The zero-order chi connectivity index (χ0) is 27.0. The highest BCUT2D eigenvalue weighted by Crippen LogP contribution is 2.45. The number of hydrogen-bond donors (Lipinski definition) is 6. The molecule has 1 aliphatic rings. The molecule has 4 aromatic rings. The van der Waals surface area contributed by atoms with Gasteiger partial charge in [0.2, 0.25) is 11.5 Å². The van der Waals surface area contributed by atoms with Crippen LogP contribution in [0.5, 0.6) is 17.2 Å². The highest BCUT2D eigenvalue weighted by atomic mass is 19.1. The van der Waals surface area contributed by atoms with Crippen molar-refractivity contribution in [2.45, 2.75) is 6.04 Å². The van der Waals surface area contributed by atoms with Gasteiger partial charge < -0.3 is 35.4 Å². The third-order valence-corrected chi connectivity index (χ3v) is 5.73. The molecule has 0 saturated carbocycles. The Bertz CT molecular complexity index is 1590. The maximum atomic E-state index is 15.9. The molecule has 15 heteroatoms. The van der Waals surface area contributed by atoms with E-state index in [-0.39, 0.29) is 59.2 Å². The van der Waals surface area contributed by atoms with Crippen LogP contribution in [0.15, 0.2) is 41.5 Å². The number of amidine groups is 1. The highest BCUT2D eigenvalue weighted by molar-refractivity contribution is 5.95. The summed E-state index contributed by atoms with van der Waals surface area (Å²) >= 11 is 0. The molecule has 0 fully saturated rings. The lowest BCUT2D eigenvalue weighted by Gasteiger charge is -2.25. The molecule has 14 nitrogen and oxygen atoms in total. The second kappa shape index (κ2) is 9.61. The number of methoxy groups -OCH3 is 1. The number of carbonyl (C=O) groups is 1. The van der Waals surface area contributed by atoms with Crippen LogP contribution < -0.4 is 31.0 Å². The Morgan fingerprint density at radius 1 is 1.29 bits per heavy atom. The average molecular weight is 524 g/mol. The first-order valence-electron chi connectivity index (χ1n) is 11.1. The van der Waals surface area contributed by atoms with Crippen molar-refractivity contribution >= 4 is 17.5 Å². The molecule has 1 atom stereocenters. The average Bonchev–Trinajstić information content (AvgIpc) is 3.55. The lowest BCUT2D eigenvalue weighted by molar-refractivity contribution is 0.0691. The van der Waals surface area contributed by atoms with Gasteiger partial charge in [-0.25, -0.2) is 19.0 Å². The first-order valence-corrected chi connectivity index (χ1v) is 11.1. The molecule has 5 rings (SSSR count). The van der Waals surface area contributed by atoms with Gasteiger partial charge in [-0.1, -0.05) is 0 Å². The minimum atomic E-state index is -1.35. The molecule has 2 aromatic heterocycles. The number of rotatable bonds is 8. The van der Waals surface area contributed by atoms with Gasteiger partial charge in [0.1, 0.15) is 25.1 Å². The number of anilines is 1. The summed E-state index contributed by atoms with van der Waals surface area (Å²) in [5.74, 6) is -2.45. The summed E-state index contributed by atoms with van der Waals surface area (Å²) in [5, 5.41) is 24.3. The molecule has 2 aromatic carbocycles. The maximum Gasteiger partial charge on any atom is 0.356 e. The van der Waals surface area contributed by atoms with E-state index in [1.165, 1.54) is 13.2 Å². The molecular weight excluding hydrogens is 503 g/mol. The number of hydrogen-bond acceptors (Lipinski definition) is 9. The standard InChI is InChI=1S/C23H21FN8O6/c1-36-13-8-12(14(24)18-17(13)37-6-7-38-18)15(29-11-4-2-10(3-5-11)19(25)26)20-30-23(35)32(31-20)21-16(22(33)34)27-9-28-21/h2-5,8-9,15,29H,6-7H2,1H3,(H3,25,26)(H,27,28)(H,33,34)(H,30,31,35). The Balaban J connectivity index is 1.66. The monoisotopic (exact) mass is 524 g/mol. The van der Waals surface area contributed by atoms with Crippen molar-refractivity contribution in [2.75, 3.05) is 25.6 Å². The lowest BCUT2D eigenvalue weighted by atomic mass is 10.0. The van der Waals surface area contributed by atoms with E-state index in [0.29, 0.717) is 11.3 Å². The van der Waals surface area contributed by atoms with Gasteiger partial charge in [0.25, 0.3) is 0 Å². The Hall–Kier alpha value is -5.34. The van der Waals surface area contributed by atoms with Gasteiger partial charge in [-0.3, -0.25) is 10.4 Å². The number of benzene rings is 2. The van der Waals surface area contributed by atoms with Crippen molar-refractivity contribution in [3.8, 4) is 23.1 Å². The fraction of sp³-hybridized carbons (Fsp3) is 0.174. The number of fused-ring (bicyclic) bond motifs is 1. The molecule has 0 bridgehead atoms. The maximum absolute atomic E-state index is 15.9. The zero-order valence-corrected chi connectivity index (χ0v) is 19.7. The van der Waals surface area contributed by atoms with E-state index >= 15 is 4.39 Å². The van der Waals surface area contributed by atoms with E-state index < -0.39 is 23.5 Å². The number of halogens is 1. The summed E-state index contributed by atoms with van der Waals surface area (Å²) < 4.78 is 33.1. The van der Waals surface area contributed by atoms with E-state index in [4.69, 9.17) is 25.4 Å². The largest absolute Gasteiger partial charge is 0.493 e. The van der Waals surface area contributed by atoms with Gasteiger partial charge in [-0.05, 0) is 30.3 Å². The number of nitrogen functional groups attached to an aromatic ring is 1. The number of aromatic amines is 2. The number of H-pyrrole nitrogens is 2. The molecular formula is C23H21FN8O6. The number of imidazole rings is 1.